The van der Waals surface area contributed by atoms with Gasteiger partial charge in [-0.05, 0) is 31.4 Å². The van der Waals surface area contributed by atoms with Crippen molar-refractivity contribution in [3.63, 3.8) is 0 Å². The molecule has 1 fully saturated rings. The Hall–Kier alpha value is -1.79. The number of halogens is 3. The quantitative estimate of drug-likeness (QED) is 0.792. The number of alkyl halides is 3. The van der Waals surface area contributed by atoms with E-state index in [4.69, 9.17) is 4.74 Å². The molecule has 4 nitrogen and oxygen atoms in total. The van der Waals surface area contributed by atoms with Gasteiger partial charge < -0.3 is 9.64 Å². The van der Waals surface area contributed by atoms with Crippen molar-refractivity contribution in [2.45, 2.75) is 33.4 Å². The fraction of sp³-hybridized carbons (Fsp3) is 0.625. The normalized spacial score (nSPS) is 21.8. The van der Waals surface area contributed by atoms with Gasteiger partial charge in [0, 0.05) is 13.1 Å². The van der Waals surface area contributed by atoms with Crippen molar-refractivity contribution < 1.29 is 22.7 Å². The van der Waals surface area contributed by atoms with Crippen LogP contribution in [0.1, 0.15) is 32.9 Å². The fourth-order valence-electron chi connectivity index (χ4n) is 2.93. The van der Waals surface area contributed by atoms with E-state index in [1.165, 1.54) is 12.1 Å². The molecule has 7 heteroatoms. The molecule has 1 aliphatic rings. The summed E-state index contributed by atoms with van der Waals surface area (Å²) in [5.41, 5.74) is -1.63. The maximum Gasteiger partial charge on any atom is 0.433 e. The Morgan fingerprint density at radius 1 is 1.43 bits per heavy atom. The molecule has 0 radical (unpaired) electrons. The molecule has 1 unspecified atom stereocenters. The highest BCUT2D eigenvalue weighted by atomic mass is 19.4. The molecular weight excluding hydrogens is 309 g/mol. The largest absolute Gasteiger partial charge is 0.466 e. The van der Waals surface area contributed by atoms with Crippen molar-refractivity contribution in [3.05, 3.63) is 23.9 Å². The number of carbonyl (C=O) groups is 1. The van der Waals surface area contributed by atoms with Crippen LogP contribution in [0.4, 0.5) is 19.0 Å². The first-order chi connectivity index (χ1) is 10.7. The maximum absolute atomic E-state index is 12.8. The van der Waals surface area contributed by atoms with Crippen LogP contribution >= 0.6 is 0 Å². The van der Waals surface area contributed by atoms with Crippen LogP contribution in [0.15, 0.2) is 18.2 Å². The Kier molecular flexibility index (Phi) is 4.87. The summed E-state index contributed by atoms with van der Waals surface area (Å²) in [5.74, 6) is -0.0199. The van der Waals surface area contributed by atoms with Gasteiger partial charge in [0.05, 0.1) is 12.0 Å². The summed E-state index contributed by atoms with van der Waals surface area (Å²) >= 11 is 0. The molecule has 0 amide bonds. The predicted octanol–water partition coefficient (Wildman–Crippen LogP) is 3.52. The number of hydrogen-bond donors (Lipinski definition) is 0. The average molecular weight is 330 g/mol. The smallest absolute Gasteiger partial charge is 0.433 e. The second-order valence-electron chi connectivity index (χ2n) is 6.08. The number of pyridine rings is 1. The van der Waals surface area contributed by atoms with Crippen LogP contribution in [0.25, 0.3) is 0 Å². The van der Waals surface area contributed by atoms with Crippen molar-refractivity contribution in [1.29, 1.82) is 0 Å². The Balaban J connectivity index is 2.26. The van der Waals surface area contributed by atoms with Gasteiger partial charge in [0.1, 0.15) is 11.5 Å². The number of ether oxygens (including phenoxy) is 1. The maximum atomic E-state index is 12.8. The molecule has 2 rings (SSSR count). The molecule has 1 saturated heterocycles. The fourth-order valence-corrected chi connectivity index (χ4v) is 2.93. The zero-order valence-electron chi connectivity index (χ0n) is 13.5. The van der Waals surface area contributed by atoms with E-state index in [9.17, 15) is 18.0 Å². The first-order valence-electron chi connectivity index (χ1n) is 7.67. The van der Waals surface area contributed by atoms with Gasteiger partial charge in [-0.15, -0.1) is 0 Å². The number of hydrogen-bond acceptors (Lipinski definition) is 4. The summed E-state index contributed by atoms with van der Waals surface area (Å²) in [4.78, 5) is 17.8. The van der Waals surface area contributed by atoms with E-state index in [0.29, 0.717) is 19.5 Å². The van der Waals surface area contributed by atoms with Crippen LogP contribution in [-0.2, 0) is 15.7 Å². The monoisotopic (exact) mass is 330 g/mol. The van der Waals surface area contributed by atoms with Crippen molar-refractivity contribution in [1.82, 2.24) is 4.98 Å². The highest BCUT2D eigenvalue weighted by molar-refractivity contribution is 5.79. The second kappa shape index (κ2) is 6.37. The Morgan fingerprint density at radius 3 is 2.70 bits per heavy atom. The van der Waals surface area contributed by atoms with Crippen LogP contribution in [0.2, 0.25) is 0 Å². The van der Waals surface area contributed by atoms with Gasteiger partial charge in [-0.3, -0.25) is 4.79 Å². The molecule has 1 aromatic heterocycles. The molecule has 0 aromatic carbocycles. The first kappa shape index (κ1) is 17.6. The highest BCUT2D eigenvalue weighted by Crippen LogP contribution is 2.41. The Morgan fingerprint density at radius 2 is 2.13 bits per heavy atom. The van der Waals surface area contributed by atoms with E-state index in [1.807, 2.05) is 13.8 Å². The molecule has 1 aliphatic heterocycles. The Bertz CT molecular complexity index is 575. The van der Waals surface area contributed by atoms with Gasteiger partial charge in [-0.2, -0.15) is 13.2 Å². The lowest BCUT2D eigenvalue weighted by atomic mass is 9.76. The molecule has 0 N–H and O–H groups in total. The van der Waals surface area contributed by atoms with Crippen LogP contribution in [-0.4, -0.2) is 30.6 Å². The minimum absolute atomic E-state index is 0.0253. The number of rotatable bonds is 4. The van der Waals surface area contributed by atoms with Crippen molar-refractivity contribution in [2.24, 2.45) is 11.3 Å². The lowest BCUT2D eigenvalue weighted by molar-refractivity contribution is -0.157. The van der Waals surface area contributed by atoms with Crippen LogP contribution in [0, 0.1) is 11.3 Å². The van der Waals surface area contributed by atoms with Gasteiger partial charge in [0.2, 0.25) is 0 Å². The SMILES string of the molecule is CCOC(=O)C1(C(C)C)CCN(c2cccc(C(F)(F)F)n2)C1. The standard InChI is InChI=1S/C16H21F3N2O2/c1-4-23-14(22)15(11(2)3)8-9-21(10-15)13-7-5-6-12(20-13)16(17,18)19/h5-7,11H,4,8-10H2,1-3H3. The van der Waals surface area contributed by atoms with Crippen molar-refractivity contribution in [3.8, 4) is 0 Å². The van der Waals surface area contributed by atoms with Gasteiger partial charge in [-0.25, -0.2) is 4.98 Å². The van der Waals surface area contributed by atoms with Crippen molar-refractivity contribution >= 4 is 11.8 Å². The van der Waals surface area contributed by atoms with Crippen molar-refractivity contribution in [2.75, 3.05) is 24.6 Å². The van der Waals surface area contributed by atoms with E-state index < -0.39 is 17.3 Å². The number of anilines is 1. The molecule has 2 heterocycles. The number of aromatic nitrogens is 1. The highest BCUT2D eigenvalue weighted by Gasteiger charge is 2.48. The van der Waals surface area contributed by atoms with E-state index >= 15 is 0 Å². The minimum atomic E-state index is -4.48. The van der Waals surface area contributed by atoms with Crippen LogP contribution < -0.4 is 4.90 Å². The summed E-state index contributed by atoms with van der Waals surface area (Å²) in [6, 6.07) is 3.82. The number of esters is 1. The summed E-state index contributed by atoms with van der Waals surface area (Å²) in [5, 5.41) is 0. The molecule has 1 aromatic rings. The summed E-state index contributed by atoms with van der Waals surface area (Å²) in [7, 11) is 0. The predicted molar refractivity (Wildman–Crippen MR) is 80.0 cm³/mol. The lowest BCUT2D eigenvalue weighted by Gasteiger charge is -2.31. The second-order valence-corrected chi connectivity index (χ2v) is 6.08. The molecule has 0 aliphatic carbocycles. The van der Waals surface area contributed by atoms with Gasteiger partial charge in [0.15, 0.2) is 0 Å². The Labute approximate surface area is 133 Å². The molecule has 0 bridgehead atoms. The van der Waals surface area contributed by atoms with Gasteiger partial charge in [0.25, 0.3) is 0 Å². The number of carbonyl (C=O) groups excluding carboxylic acids is 1. The van der Waals surface area contributed by atoms with Gasteiger partial charge in [-0.1, -0.05) is 19.9 Å². The molecular formula is C16H21F3N2O2. The zero-order chi connectivity index (χ0) is 17.3. The third-order valence-electron chi connectivity index (χ3n) is 4.44. The summed E-state index contributed by atoms with van der Waals surface area (Å²) in [6.45, 7) is 6.69. The lowest BCUT2D eigenvalue weighted by Crippen LogP contribution is -2.40. The molecule has 23 heavy (non-hydrogen) atoms. The summed E-state index contributed by atoms with van der Waals surface area (Å²) in [6.07, 6.45) is -3.94. The van der Waals surface area contributed by atoms with Crippen LogP contribution in [0.5, 0.6) is 0 Å². The van der Waals surface area contributed by atoms with Crippen LogP contribution in [0.3, 0.4) is 0 Å². The minimum Gasteiger partial charge on any atom is -0.466 e. The van der Waals surface area contributed by atoms with E-state index in [1.54, 1.807) is 11.8 Å². The van der Waals surface area contributed by atoms with E-state index in [2.05, 4.69) is 4.98 Å². The third-order valence-corrected chi connectivity index (χ3v) is 4.44. The average Bonchev–Trinajstić information content (AvgIpc) is 2.93. The molecule has 128 valence electrons. The topological polar surface area (TPSA) is 42.4 Å². The third kappa shape index (κ3) is 3.43. The van der Waals surface area contributed by atoms with E-state index in [0.717, 1.165) is 6.07 Å². The molecule has 0 saturated carbocycles. The molecule has 1 atom stereocenters. The van der Waals surface area contributed by atoms with Gasteiger partial charge >= 0.3 is 12.1 Å². The summed E-state index contributed by atoms with van der Waals surface area (Å²) < 4.78 is 43.6. The zero-order valence-corrected chi connectivity index (χ0v) is 13.5. The van der Waals surface area contributed by atoms with E-state index in [-0.39, 0.29) is 24.3 Å². The molecule has 0 spiro atoms. The first-order valence-corrected chi connectivity index (χ1v) is 7.67. The number of nitrogens with zero attached hydrogens (tertiary/aromatic N) is 2.